The summed E-state index contributed by atoms with van der Waals surface area (Å²) in [4.78, 5) is 23.8. The molecule has 14 heteroatoms. The third-order valence-corrected chi connectivity index (χ3v) is 2.78. The van der Waals surface area contributed by atoms with Crippen molar-refractivity contribution in [1.29, 1.82) is 0 Å². The molecule has 0 fully saturated rings. The molecule has 26 heavy (non-hydrogen) atoms. The van der Waals surface area contributed by atoms with Gasteiger partial charge in [-0.25, -0.2) is 0 Å². The number of aliphatic hydroxyl groups is 6. The molecule has 0 spiro atoms. The number of carboxylic acid groups (broad SMARTS) is 1. The van der Waals surface area contributed by atoms with Crippen LogP contribution in [-0.4, -0.2) is 97.1 Å². The lowest BCUT2D eigenvalue weighted by Crippen LogP contribution is -2.34. The Morgan fingerprint density at radius 1 is 0.692 bits per heavy atom. The standard InChI is InChI=1S/C9H18N6O6.C3H6O2/c16-1-13(2-17)7-10-8(14(3-18)4-19)12-9(11-7)15(5-20)6-21;1-2-3(4)5/h16-21H,1-6H2;2H2,1H3,(H,4,5). The lowest BCUT2D eigenvalue weighted by Gasteiger charge is -2.24. The van der Waals surface area contributed by atoms with Gasteiger partial charge in [-0.2, -0.15) is 15.0 Å². The molecule has 0 aromatic carbocycles. The van der Waals surface area contributed by atoms with Crippen LogP contribution in [0.1, 0.15) is 13.3 Å². The lowest BCUT2D eigenvalue weighted by molar-refractivity contribution is -0.136. The van der Waals surface area contributed by atoms with Crippen LogP contribution in [0.25, 0.3) is 0 Å². The Bertz CT molecular complexity index is 450. The van der Waals surface area contributed by atoms with Crippen LogP contribution in [0.15, 0.2) is 0 Å². The Labute approximate surface area is 148 Å². The molecule has 0 aliphatic heterocycles. The van der Waals surface area contributed by atoms with E-state index < -0.39 is 46.4 Å². The summed E-state index contributed by atoms with van der Waals surface area (Å²) in [5.41, 5.74) is 0. The normalized spacial score (nSPS) is 9.96. The summed E-state index contributed by atoms with van der Waals surface area (Å²) in [6.07, 6.45) is 0.222. The third kappa shape index (κ3) is 7.26. The summed E-state index contributed by atoms with van der Waals surface area (Å²) in [5.74, 6) is -1.25. The maximum absolute atomic E-state index is 9.37. The van der Waals surface area contributed by atoms with Crippen LogP contribution in [0.2, 0.25) is 0 Å². The van der Waals surface area contributed by atoms with Gasteiger partial charge in [-0.15, -0.1) is 0 Å². The first-order valence-electron chi connectivity index (χ1n) is 7.30. The zero-order chi connectivity index (χ0) is 20.1. The van der Waals surface area contributed by atoms with Crippen molar-refractivity contribution in [1.82, 2.24) is 15.0 Å². The summed E-state index contributed by atoms with van der Waals surface area (Å²) in [7, 11) is 0. The average molecular weight is 380 g/mol. The first-order valence-corrected chi connectivity index (χ1v) is 7.30. The molecule has 1 aromatic rings. The van der Waals surface area contributed by atoms with Crippen LogP contribution < -0.4 is 14.7 Å². The summed E-state index contributed by atoms with van der Waals surface area (Å²) in [5, 5.41) is 62.4. The summed E-state index contributed by atoms with van der Waals surface area (Å²) in [6.45, 7) is -2.01. The smallest absolute Gasteiger partial charge is 0.303 e. The van der Waals surface area contributed by atoms with E-state index in [0.29, 0.717) is 0 Å². The van der Waals surface area contributed by atoms with Gasteiger partial charge in [0.15, 0.2) is 0 Å². The number of aliphatic hydroxyl groups excluding tert-OH is 6. The monoisotopic (exact) mass is 380 g/mol. The van der Waals surface area contributed by atoms with Gasteiger partial charge in [-0.1, -0.05) is 6.92 Å². The van der Waals surface area contributed by atoms with Crippen LogP contribution in [0.4, 0.5) is 17.8 Å². The molecule has 1 heterocycles. The maximum atomic E-state index is 9.37. The zero-order valence-electron chi connectivity index (χ0n) is 14.2. The predicted molar refractivity (Wildman–Crippen MR) is 87.7 cm³/mol. The second-order valence-corrected chi connectivity index (χ2v) is 4.45. The Kier molecular flexibility index (Phi) is 11.8. The fourth-order valence-corrected chi connectivity index (χ4v) is 1.28. The molecule has 0 amide bonds. The van der Waals surface area contributed by atoms with Gasteiger partial charge in [0.1, 0.15) is 40.4 Å². The van der Waals surface area contributed by atoms with Crippen LogP contribution in [0.3, 0.4) is 0 Å². The van der Waals surface area contributed by atoms with Gasteiger partial charge in [0.25, 0.3) is 0 Å². The topological polar surface area (TPSA) is 207 Å². The number of nitrogens with zero attached hydrogens (tertiary/aromatic N) is 6. The average Bonchev–Trinajstić information content (AvgIpc) is 2.65. The van der Waals surface area contributed by atoms with E-state index in [1.54, 1.807) is 6.92 Å². The van der Waals surface area contributed by atoms with Crippen molar-refractivity contribution in [2.75, 3.05) is 55.1 Å². The second-order valence-electron chi connectivity index (χ2n) is 4.45. The van der Waals surface area contributed by atoms with E-state index in [1.807, 2.05) is 0 Å². The van der Waals surface area contributed by atoms with Crippen molar-refractivity contribution < 1.29 is 40.5 Å². The van der Waals surface area contributed by atoms with Crippen LogP contribution in [0, 0.1) is 0 Å². The molecule has 0 atom stereocenters. The molecular weight excluding hydrogens is 356 g/mol. The Balaban J connectivity index is 0.00000110. The number of aliphatic carboxylic acids is 1. The molecule has 14 nitrogen and oxygen atoms in total. The van der Waals surface area contributed by atoms with Gasteiger partial charge < -0.3 is 35.7 Å². The van der Waals surface area contributed by atoms with Gasteiger partial charge in [-0.05, 0) is 0 Å². The molecule has 1 aromatic heterocycles. The van der Waals surface area contributed by atoms with Crippen molar-refractivity contribution in [2.45, 2.75) is 13.3 Å². The quantitative estimate of drug-likeness (QED) is 0.196. The zero-order valence-corrected chi connectivity index (χ0v) is 14.2. The number of aromatic nitrogens is 3. The van der Waals surface area contributed by atoms with E-state index in [-0.39, 0.29) is 24.3 Å². The lowest BCUT2D eigenvalue weighted by atomic mass is 10.5. The van der Waals surface area contributed by atoms with Crippen molar-refractivity contribution in [3.8, 4) is 0 Å². The van der Waals surface area contributed by atoms with Crippen LogP contribution >= 0.6 is 0 Å². The van der Waals surface area contributed by atoms with Crippen molar-refractivity contribution in [3.05, 3.63) is 0 Å². The van der Waals surface area contributed by atoms with E-state index in [2.05, 4.69) is 15.0 Å². The number of anilines is 3. The van der Waals surface area contributed by atoms with E-state index in [9.17, 15) is 4.79 Å². The van der Waals surface area contributed by atoms with Crippen molar-refractivity contribution >= 4 is 23.8 Å². The molecule has 150 valence electrons. The summed E-state index contributed by atoms with van der Waals surface area (Å²) in [6, 6.07) is 0. The minimum absolute atomic E-state index is 0.168. The van der Waals surface area contributed by atoms with Crippen molar-refractivity contribution in [2.24, 2.45) is 0 Å². The number of hydrogen-bond acceptors (Lipinski definition) is 13. The highest BCUT2D eigenvalue weighted by molar-refractivity contribution is 5.66. The van der Waals surface area contributed by atoms with Gasteiger partial charge in [0.05, 0.1) is 0 Å². The molecule has 0 saturated carbocycles. The van der Waals surface area contributed by atoms with E-state index in [1.165, 1.54) is 0 Å². The molecule has 1 rings (SSSR count). The highest BCUT2D eigenvalue weighted by Crippen LogP contribution is 2.18. The number of hydrogen-bond donors (Lipinski definition) is 7. The summed E-state index contributed by atoms with van der Waals surface area (Å²) < 4.78 is 0. The second kappa shape index (κ2) is 12.9. The molecule has 0 saturated heterocycles. The van der Waals surface area contributed by atoms with Gasteiger partial charge in [0.2, 0.25) is 17.8 Å². The number of carboxylic acids is 1. The molecule has 0 bridgehead atoms. The first-order chi connectivity index (χ1) is 12.4. The highest BCUT2D eigenvalue weighted by Gasteiger charge is 2.18. The minimum Gasteiger partial charge on any atom is -0.481 e. The van der Waals surface area contributed by atoms with Crippen LogP contribution in [0.5, 0.6) is 0 Å². The number of rotatable bonds is 10. The Morgan fingerprint density at radius 3 is 1.00 bits per heavy atom. The molecule has 7 N–H and O–H groups in total. The Morgan fingerprint density at radius 2 is 0.885 bits per heavy atom. The van der Waals surface area contributed by atoms with E-state index >= 15 is 0 Å². The van der Waals surface area contributed by atoms with Gasteiger partial charge >= 0.3 is 5.97 Å². The molecular formula is C12H24N6O8. The SMILES string of the molecule is CCC(=O)O.OCN(CO)c1nc(N(CO)CO)nc(N(CO)CO)n1. The minimum atomic E-state index is -0.745. The molecule has 0 aliphatic carbocycles. The molecule has 0 aliphatic rings. The highest BCUT2D eigenvalue weighted by atomic mass is 16.4. The predicted octanol–water partition coefficient (Wildman–Crippen LogP) is -3.53. The van der Waals surface area contributed by atoms with Crippen LogP contribution in [-0.2, 0) is 4.79 Å². The largest absolute Gasteiger partial charge is 0.481 e. The van der Waals surface area contributed by atoms with E-state index in [4.69, 9.17) is 35.7 Å². The first kappa shape index (κ1) is 23.6. The van der Waals surface area contributed by atoms with Gasteiger partial charge in [-0.3, -0.25) is 19.5 Å². The maximum Gasteiger partial charge on any atom is 0.303 e. The van der Waals surface area contributed by atoms with Gasteiger partial charge in [0, 0.05) is 6.42 Å². The third-order valence-electron chi connectivity index (χ3n) is 2.78. The molecule has 0 radical (unpaired) electrons. The Hall–Kier alpha value is -2.36. The molecule has 0 unspecified atom stereocenters. The van der Waals surface area contributed by atoms with E-state index in [0.717, 1.165) is 14.7 Å². The number of carbonyl (C=O) groups is 1. The fourth-order valence-electron chi connectivity index (χ4n) is 1.28. The summed E-state index contributed by atoms with van der Waals surface area (Å²) >= 11 is 0. The van der Waals surface area contributed by atoms with Crippen molar-refractivity contribution in [3.63, 3.8) is 0 Å². The fraction of sp³-hybridized carbons (Fsp3) is 0.667.